The van der Waals surface area contributed by atoms with Crippen LogP contribution in [0.25, 0.3) is 5.82 Å². The van der Waals surface area contributed by atoms with E-state index in [4.69, 9.17) is 0 Å². The fraction of sp³-hybridized carbons (Fsp3) is 0.263. The number of pyridine rings is 1. The molecule has 0 radical (unpaired) electrons. The van der Waals surface area contributed by atoms with Crippen molar-refractivity contribution >= 4 is 11.7 Å². The molecule has 0 saturated carbocycles. The van der Waals surface area contributed by atoms with Crippen molar-refractivity contribution in [1.29, 1.82) is 0 Å². The Morgan fingerprint density at radius 2 is 2.15 bits per heavy atom. The first kappa shape index (κ1) is 16.3. The summed E-state index contributed by atoms with van der Waals surface area (Å²) in [5.74, 6) is 0.674. The number of carbonyl (C=O) groups is 1. The summed E-state index contributed by atoms with van der Waals surface area (Å²) >= 11 is 0. The smallest absolute Gasteiger partial charge is 0.322 e. The highest BCUT2D eigenvalue weighted by atomic mass is 16.2. The minimum Gasteiger partial charge on any atom is -0.334 e. The zero-order chi connectivity index (χ0) is 17.9. The van der Waals surface area contributed by atoms with E-state index in [0.717, 1.165) is 30.6 Å². The summed E-state index contributed by atoms with van der Waals surface area (Å²) in [7, 11) is 0. The molecule has 1 aliphatic rings. The second-order valence-electron chi connectivity index (χ2n) is 6.24. The van der Waals surface area contributed by atoms with E-state index >= 15 is 0 Å². The molecule has 3 aromatic rings. The van der Waals surface area contributed by atoms with Crippen molar-refractivity contribution in [3.05, 3.63) is 65.9 Å². The van der Waals surface area contributed by atoms with E-state index in [1.165, 1.54) is 17.5 Å². The predicted molar refractivity (Wildman–Crippen MR) is 98.3 cm³/mol. The number of rotatable bonds is 4. The Balaban J connectivity index is 1.43. The van der Waals surface area contributed by atoms with Crippen molar-refractivity contribution in [3.8, 4) is 5.82 Å². The summed E-state index contributed by atoms with van der Waals surface area (Å²) in [4.78, 5) is 22.6. The minimum absolute atomic E-state index is 0.0767. The van der Waals surface area contributed by atoms with Gasteiger partial charge in [-0.25, -0.2) is 19.4 Å². The van der Waals surface area contributed by atoms with Crippen LogP contribution in [0.15, 0.2) is 49.2 Å². The van der Waals surface area contributed by atoms with Gasteiger partial charge >= 0.3 is 6.03 Å². The van der Waals surface area contributed by atoms with Crippen molar-refractivity contribution in [1.82, 2.24) is 25.1 Å². The number of carbonyl (C=O) groups excluding carboxylic acids is 1. The lowest BCUT2D eigenvalue weighted by atomic mass is 10.1. The molecule has 7 nitrogen and oxygen atoms in total. The maximum absolute atomic E-state index is 12.6. The second-order valence-corrected chi connectivity index (χ2v) is 6.24. The molecule has 0 aliphatic carbocycles. The Kier molecular flexibility index (Phi) is 4.35. The molecule has 0 fully saturated rings. The fourth-order valence-electron chi connectivity index (χ4n) is 3.18. The van der Waals surface area contributed by atoms with Gasteiger partial charge in [-0.3, -0.25) is 4.90 Å². The van der Waals surface area contributed by atoms with E-state index in [1.807, 2.05) is 17.0 Å². The lowest BCUT2D eigenvalue weighted by Gasteiger charge is -2.18. The molecule has 0 unspecified atom stereocenters. The summed E-state index contributed by atoms with van der Waals surface area (Å²) in [6.07, 6.45) is 6.68. The number of amides is 2. The SMILES string of the molecule is CCc1ccc2c(c1)CCN2C(=O)NCc1ccnc(-n2cncn2)c1. The quantitative estimate of drug-likeness (QED) is 0.786. The normalized spacial score (nSPS) is 12.9. The van der Waals surface area contributed by atoms with Crippen LogP contribution in [0.1, 0.15) is 23.6 Å². The highest BCUT2D eigenvalue weighted by Crippen LogP contribution is 2.29. The van der Waals surface area contributed by atoms with E-state index in [2.05, 4.69) is 45.5 Å². The molecule has 4 rings (SSSR count). The van der Waals surface area contributed by atoms with Crippen molar-refractivity contribution in [3.63, 3.8) is 0 Å². The minimum atomic E-state index is -0.0767. The number of hydrogen-bond acceptors (Lipinski definition) is 4. The van der Waals surface area contributed by atoms with E-state index in [9.17, 15) is 4.79 Å². The van der Waals surface area contributed by atoms with E-state index in [1.54, 1.807) is 17.2 Å². The molecule has 1 N–H and O–H groups in total. The summed E-state index contributed by atoms with van der Waals surface area (Å²) in [5, 5.41) is 7.07. The lowest BCUT2D eigenvalue weighted by molar-refractivity contribution is 0.246. The van der Waals surface area contributed by atoms with Crippen LogP contribution >= 0.6 is 0 Å². The largest absolute Gasteiger partial charge is 0.334 e. The van der Waals surface area contributed by atoms with E-state index < -0.39 is 0 Å². The highest BCUT2D eigenvalue weighted by molar-refractivity contribution is 5.94. The van der Waals surface area contributed by atoms with Crippen LogP contribution in [0.5, 0.6) is 0 Å². The molecule has 3 heterocycles. The molecule has 1 aliphatic heterocycles. The van der Waals surface area contributed by atoms with Crippen LogP contribution in [0.2, 0.25) is 0 Å². The first-order chi connectivity index (χ1) is 12.7. The number of nitrogens with one attached hydrogen (secondary N) is 1. The molecule has 1 aromatic carbocycles. The highest BCUT2D eigenvalue weighted by Gasteiger charge is 2.24. The summed E-state index contributed by atoms with van der Waals surface area (Å²) in [5.41, 5.74) is 4.53. The Labute approximate surface area is 151 Å². The second kappa shape index (κ2) is 6.95. The average Bonchev–Trinajstić information content (AvgIpc) is 3.35. The van der Waals surface area contributed by atoms with Gasteiger partial charge in [-0.05, 0) is 47.7 Å². The van der Waals surface area contributed by atoms with Crippen molar-refractivity contribution in [2.45, 2.75) is 26.3 Å². The van der Waals surface area contributed by atoms with Gasteiger partial charge in [-0.2, -0.15) is 5.10 Å². The maximum Gasteiger partial charge on any atom is 0.322 e. The van der Waals surface area contributed by atoms with Crippen molar-refractivity contribution in [2.75, 3.05) is 11.4 Å². The van der Waals surface area contributed by atoms with Crippen molar-refractivity contribution in [2.24, 2.45) is 0 Å². The number of aryl methyl sites for hydroxylation is 1. The van der Waals surface area contributed by atoms with Gasteiger partial charge in [0.25, 0.3) is 0 Å². The molecule has 0 atom stereocenters. The molecule has 0 spiro atoms. The van der Waals surface area contributed by atoms with Gasteiger partial charge in [-0.15, -0.1) is 0 Å². The predicted octanol–water partition coefficient (Wildman–Crippen LogP) is 2.50. The number of hydrogen-bond donors (Lipinski definition) is 1. The molecule has 132 valence electrons. The van der Waals surface area contributed by atoms with Gasteiger partial charge < -0.3 is 5.32 Å². The van der Waals surface area contributed by atoms with E-state index in [-0.39, 0.29) is 6.03 Å². The number of anilines is 1. The number of aromatic nitrogens is 4. The summed E-state index contributed by atoms with van der Waals surface area (Å²) < 4.78 is 1.59. The van der Waals surface area contributed by atoms with Crippen LogP contribution in [0.3, 0.4) is 0 Å². The lowest BCUT2D eigenvalue weighted by Crippen LogP contribution is -2.38. The third-order valence-electron chi connectivity index (χ3n) is 4.60. The molecular weight excluding hydrogens is 328 g/mol. The standard InChI is InChI=1S/C19H20N6O/c1-2-14-3-4-17-16(9-14)6-8-24(17)19(26)22-11-15-5-7-21-18(10-15)25-13-20-12-23-25/h3-5,7,9-10,12-13H,2,6,8,11H2,1H3,(H,22,26). The van der Waals surface area contributed by atoms with Gasteiger partial charge in [0.05, 0.1) is 0 Å². The van der Waals surface area contributed by atoms with Gasteiger partial charge in [0.2, 0.25) is 0 Å². The fourth-order valence-corrected chi connectivity index (χ4v) is 3.18. The molecule has 2 aromatic heterocycles. The Hall–Kier alpha value is -3.22. The van der Waals surface area contributed by atoms with Gasteiger partial charge in [0.1, 0.15) is 12.7 Å². The van der Waals surface area contributed by atoms with Crippen LogP contribution < -0.4 is 10.2 Å². The number of nitrogens with zero attached hydrogens (tertiary/aromatic N) is 5. The summed E-state index contributed by atoms with van der Waals surface area (Å²) in [6.45, 7) is 3.29. The molecule has 0 saturated heterocycles. The first-order valence-corrected chi connectivity index (χ1v) is 8.71. The Bertz CT molecular complexity index is 922. The third-order valence-corrected chi connectivity index (χ3v) is 4.60. The molecule has 26 heavy (non-hydrogen) atoms. The third kappa shape index (κ3) is 3.15. The molecule has 2 amide bonds. The monoisotopic (exact) mass is 348 g/mol. The van der Waals surface area contributed by atoms with Gasteiger partial charge in [-0.1, -0.05) is 19.1 Å². The van der Waals surface area contributed by atoms with Crippen molar-refractivity contribution < 1.29 is 4.79 Å². The Morgan fingerprint density at radius 3 is 2.96 bits per heavy atom. The van der Waals surface area contributed by atoms with Crippen LogP contribution in [0.4, 0.5) is 10.5 Å². The van der Waals surface area contributed by atoms with E-state index in [0.29, 0.717) is 12.4 Å². The van der Waals surface area contributed by atoms with Gasteiger partial charge in [0, 0.05) is 25.0 Å². The van der Waals surface area contributed by atoms with Gasteiger partial charge in [0.15, 0.2) is 5.82 Å². The Morgan fingerprint density at radius 1 is 1.23 bits per heavy atom. The molecule has 7 heteroatoms. The average molecular weight is 348 g/mol. The molecule has 0 bridgehead atoms. The zero-order valence-corrected chi connectivity index (χ0v) is 14.6. The number of benzene rings is 1. The zero-order valence-electron chi connectivity index (χ0n) is 14.6. The first-order valence-electron chi connectivity index (χ1n) is 8.71. The number of urea groups is 1. The summed E-state index contributed by atoms with van der Waals surface area (Å²) in [6, 6.07) is 10.0. The van der Waals surface area contributed by atoms with Crippen LogP contribution in [-0.4, -0.2) is 32.3 Å². The number of fused-ring (bicyclic) bond motifs is 1. The van der Waals surface area contributed by atoms with Crippen LogP contribution in [0, 0.1) is 0 Å². The topological polar surface area (TPSA) is 75.9 Å². The molecular formula is C19H20N6O. The maximum atomic E-state index is 12.6. The van der Waals surface area contributed by atoms with Crippen LogP contribution in [-0.2, 0) is 19.4 Å².